The first kappa shape index (κ1) is 28.2. The van der Waals surface area contributed by atoms with Crippen molar-refractivity contribution in [2.75, 3.05) is 6.54 Å². The number of hydrogen-bond acceptors (Lipinski definition) is 6. The molecule has 1 unspecified atom stereocenters. The Morgan fingerprint density at radius 1 is 0.800 bits per heavy atom. The van der Waals surface area contributed by atoms with Gasteiger partial charge in [-0.15, -0.1) is 0 Å². The predicted molar refractivity (Wildman–Crippen MR) is 138 cm³/mol. The van der Waals surface area contributed by atoms with Gasteiger partial charge in [-0.3, -0.25) is 14.4 Å². The quantitative estimate of drug-likeness (QED) is 0.263. The minimum atomic E-state index is -0.454. The molecule has 0 aliphatic rings. The Morgan fingerprint density at radius 3 is 1.89 bits per heavy atom. The summed E-state index contributed by atoms with van der Waals surface area (Å²) in [6, 6.07) is 14.2. The molecule has 190 valence electrons. The fraction of sp³-hybridized carbons (Fsp3) is 0.483. The summed E-state index contributed by atoms with van der Waals surface area (Å²) < 4.78 is 11.1. The summed E-state index contributed by atoms with van der Waals surface area (Å²) in [5.41, 5.74) is 1.04. The van der Waals surface area contributed by atoms with E-state index in [0.29, 0.717) is 12.1 Å². The fourth-order valence-electron chi connectivity index (χ4n) is 3.43. The molecular formula is C29H39NO5. The van der Waals surface area contributed by atoms with Crippen LogP contribution in [0.15, 0.2) is 48.5 Å². The van der Waals surface area contributed by atoms with E-state index < -0.39 is 18.0 Å². The summed E-state index contributed by atoms with van der Waals surface area (Å²) in [7, 11) is 0. The molecule has 6 nitrogen and oxygen atoms in total. The molecule has 0 heterocycles. The largest absolute Gasteiger partial charge is 0.422 e. The molecule has 0 radical (unpaired) electrons. The van der Waals surface area contributed by atoms with Crippen molar-refractivity contribution in [1.82, 2.24) is 5.32 Å². The Hall–Kier alpha value is -2.99. The molecule has 2 rings (SSSR count). The van der Waals surface area contributed by atoms with Gasteiger partial charge in [0.25, 0.3) is 0 Å². The molecule has 0 aromatic heterocycles. The topological polar surface area (TPSA) is 81.7 Å². The second-order valence-corrected chi connectivity index (χ2v) is 11.4. The number of carbonyl (C=O) groups is 3. The summed E-state index contributed by atoms with van der Waals surface area (Å²) in [4.78, 5) is 38.0. The number of ether oxygens (including phenoxy) is 2. The maximum Gasteiger partial charge on any atom is 0.311 e. The first-order valence-electron chi connectivity index (χ1n) is 12.1. The second kappa shape index (κ2) is 12.1. The Labute approximate surface area is 209 Å². The van der Waals surface area contributed by atoms with Crippen LogP contribution in [0, 0.1) is 10.8 Å². The van der Waals surface area contributed by atoms with Crippen molar-refractivity contribution in [2.45, 2.75) is 73.8 Å². The van der Waals surface area contributed by atoms with Gasteiger partial charge >= 0.3 is 11.9 Å². The Kier molecular flexibility index (Phi) is 9.78. The van der Waals surface area contributed by atoms with Crippen molar-refractivity contribution < 1.29 is 23.9 Å². The molecule has 35 heavy (non-hydrogen) atoms. The smallest absolute Gasteiger partial charge is 0.311 e. The van der Waals surface area contributed by atoms with Gasteiger partial charge in [-0.05, 0) is 54.5 Å². The first-order valence-corrected chi connectivity index (χ1v) is 12.1. The lowest BCUT2D eigenvalue weighted by Crippen LogP contribution is -2.35. The van der Waals surface area contributed by atoms with Crippen molar-refractivity contribution in [3.63, 3.8) is 0 Å². The van der Waals surface area contributed by atoms with Gasteiger partial charge in [-0.1, -0.05) is 71.9 Å². The van der Waals surface area contributed by atoms with Gasteiger partial charge in [0.2, 0.25) is 0 Å². The summed E-state index contributed by atoms with van der Waals surface area (Å²) >= 11 is 0. The molecule has 0 bridgehead atoms. The van der Waals surface area contributed by atoms with Gasteiger partial charge in [0.15, 0.2) is 17.3 Å². The van der Waals surface area contributed by atoms with Crippen LogP contribution in [0.5, 0.6) is 11.5 Å². The van der Waals surface area contributed by atoms with Gasteiger partial charge in [-0.25, -0.2) is 0 Å². The lowest BCUT2D eigenvalue weighted by atomic mass is 9.92. The Bertz CT molecular complexity index is 1020. The number of rotatable bonds is 10. The number of hydrogen-bond donors (Lipinski definition) is 1. The van der Waals surface area contributed by atoms with Crippen LogP contribution in [0.2, 0.25) is 0 Å². The highest BCUT2D eigenvalue weighted by molar-refractivity contribution is 6.00. The fourth-order valence-corrected chi connectivity index (χ4v) is 3.43. The van der Waals surface area contributed by atoms with Crippen LogP contribution in [0.1, 0.15) is 77.2 Å². The number of benzene rings is 2. The summed E-state index contributed by atoms with van der Waals surface area (Å²) in [6.07, 6.45) is 1.18. The van der Waals surface area contributed by atoms with E-state index in [-0.39, 0.29) is 41.0 Å². The third-order valence-corrected chi connectivity index (χ3v) is 5.13. The van der Waals surface area contributed by atoms with E-state index in [1.54, 1.807) is 13.0 Å². The van der Waals surface area contributed by atoms with E-state index in [0.717, 1.165) is 6.42 Å². The van der Waals surface area contributed by atoms with Gasteiger partial charge in [0, 0.05) is 5.56 Å². The third kappa shape index (κ3) is 10.4. The van der Waals surface area contributed by atoms with Crippen molar-refractivity contribution in [3.05, 3.63) is 59.7 Å². The molecule has 0 fully saturated rings. The summed E-state index contributed by atoms with van der Waals surface area (Å²) in [5, 5.41) is 3.25. The lowest BCUT2D eigenvalue weighted by Gasteiger charge is -2.20. The molecular weight excluding hydrogens is 442 g/mol. The Balaban J connectivity index is 2.17. The average Bonchev–Trinajstić information content (AvgIpc) is 2.72. The molecule has 2 aromatic carbocycles. The monoisotopic (exact) mass is 481 g/mol. The van der Waals surface area contributed by atoms with Gasteiger partial charge in [-0.2, -0.15) is 0 Å². The summed E-state index contributed by atoms with van der Waals surface area (Å²) in [5.74, 6) is -0.824. The Morgan fingerprint density at radius 2 is 1.34 bits per heavy atom. The zero-order valence-electron chi connectivity index (χ0n) is 22.1. The van der Waals surface area contributed by atoms with Gasteiger partial charge in [0.1, 0.15) is 0 Å². The van der Waals surface area contributed by atoms with Gasteiger partial charge < -0.3 is 14.8 Å². The zero-order valence-corrected chi connectivity index (χ0v) is 22.1. The molecule has 0 aliphatic heterocycles. The molecule has 0 aliphatic carbocycles. The van der Waals surface area contributed by atoms with Crippen LogP contribution in [0.3, 0.4) is 0 Å². The maximum atomic E-state index is 13.1. The lowest BCUT2D eigenvalue weighted by molar-refractivity contribution is -0.139. The van der Waals surface area contributed by atoms with E-state index in [2.05, 4.69) is 5.32 Å². The van der Waals surface area contributed by atoms with E-state index in [4.69, 9.17) is 9.47 Å². The normalized spacial score (nSPS) is 12.7. The van der Waals surface area contributed by atoms with E-state index in [9.17, 15) is 14.4 Å². The molecule has 1 N–H and O–H groups in total. The van der Waals surface area contributed by atoms with Crippen LogP contribution in [-0.2, 0) is 16.0 Å². The minimum absolute atomic E-state index is 0.0730. The van der Waals surface area contributed by atoms with E-state index >= 15 is 0 Å². The predicted octanol–water partition coefficient (Wildman–Crippen LogP) is 5.77. The number of carbonyl (C=O) groups excluding carboxylic acids is 3. The van der Waals surface area contributed by atoms with Crippen molar-refractivity contribution in [2.24, 2.45) is 10.8 Å². The van der Waals surface area contributed by atoms with Crippen molar-refractivity contribution >= 4 is 17.7 Å². The highest BCUT2D eigenvalue weighted by Gasteiger charge is 2.24. The molecule has 0 saturated carbocycles. The molecule has 0 saturated heterocycles. The number of nitrogens with one attached hydrogen (secondary N) is 1. The first-order chi connectivity index (χ1) is 16.2. The molecule has 6 heteroatoms. The molecule has 1 atom stereocenters. The van der Waals surface area contributed by atoms with Crippen molar-refractivity contribution in [3.8, 4) is 11.5 Å². The van der Waals surface area contributed by atoms with Crippen LogP contribution in [-0.4, -0.2) is 30.3 Å². The number of esters is 2. The van der Waals surface area contributed by atoms with Gasteiger partial charge in [0.05, 0.1) is 18.9 Å². The third-order valence-electron chi connectivity index (χ3n) is 5.13. The second-order valence-electron chi connectivity index (χ2n) is 11.4. The SMILES string of the molecule is CC(NCCc1ccccc1)C(=O)c1ccc(OC(=O)CC(C)(C)C)c(OC(=O)CC(C)(C)C)c1. The molecule has 0 amide bonds. The zero-order chi connectivity index (χ0) is 26.2. The van der Waals surface area contributed by atoms with Crippen molar-refractivity contribution in [1.29, 1.82) is 0 Å². The standard InChI is InChI=1S/C29H39NO5/c1-20(30-16-15-21-11-9-8-10-12-21)27(33)22-13-14-23(34-25(31)18-28(2,3)4)24(17-22)35-26(32)19-29(5,6)7/h8-14,17,20,30H,15-16,18-19H2,1-7H3. The molecule has 2 aromatic rings. The van der Waals surface area contributed by atoms with E-state index in [1.807, 2.05) is 71.9 Å². The molecule has 0 spiro atoms. The minimum Gasteiger partial charge on any atom is -0.422 e. The highest BCUT2D eigenvalue weighted by Crippen LogP contribution is 2.32. The number of ketones is 1. The highest BCUT2D eigenvalue weighted by atomic mass is 16.6. The van der Waals surface area contributed by atoms with Crippen LogP contribution < -0.4 is 14.8 Å². The number of Topliss-reactive ketones (excluding diaryl/α,β-unsaturated/α-hetero) is 1. The van der Waals surface area contributed by atoms with Crippen LogP contribution >= 0.6 is 0 Å². The van der Waals surface area contributed by atoms with E-state index in [1.165, 1.54) is 17.7 Å². The van der Waals surface area contributed by atoms with Crippen LogP contribution in [0.4, 0.5) is 0 Å². The summed E-state index contributed by atoms with van der Waals surface area (Å²) in [6.45, 7) is 14.1. The average molecular weight is 482 g/mol. The maximum absolute atomic E-state index is 13.1. The van der Waals surface area contributed by atoms with Crippen LogP contribution in [0.25, 0.3) is 0 Å².